The first-order valence-electron chi connectivity index (χ1n) is 6.16. The monoisotopic (exact) mass is 265 g/mol. The van der Waals surface area contributed by atoms with Crippen molar-refractivity contribution in [2.45, 2.75) is 25.8 Å². The number of carbonyl (C=O) groups excluding carboxylic acids is 1. The molecule has 0 spiro atoms. The fourth-order valence-electron chi connectivity index (χ4n) is 2.08. The smallest absolute Gasteiger partial charge is 0.251 e. The van der Waals surface area contributed by atoms with Crippen LogP contribution in [0.25, 0.3) is 0 Å². The van der Waals surface area contributed by atoms with Crippen molar-refractivity contribution in [3.8, 4) is 0 Å². The summed E-state index contributed by atoms with van der Waals surface area (Å²) in [6, 6.07) is 5.82. The second-order valence-corrected chi connectivity index (χ2v) is 5.76. The maximum absolute atomic E-state index is 12.1. The number of nitrogens with two attached hydrogens (primary N) is 1. The summed E-state index contributed by atoms with van der Waals surface area (Å²) in [4.78, 5) is 12.1. The minimum atomic E-state index is 0.0126. The molecule has 0 aliphatic carbocycles. The van der Waals surface area contributed by atoms with E-state index < -0.39 is 0 Å². The lowest BCUT2D eigenvalue weighted by Gasteiger charge is -2.22. The highest BCUT2D eigenvalue weighted by Gasteiger charge is 2.17. The molecule has 1 saturated heterocycles. The lowest BCUT2D eigenvalue weighted by molar-refractivity contribution is 0.0935. The van der Waals surface area contributed by atoms with E-state index in [-0.39, 0.29) is 5.91 Å². The maximum atomic E-state index is 12.1. The van der Waals surface area contributed by atoms with Gasteiger partial charge in [0, 0.05) is 11.6 Å². The van der Waals surface area contributed by atoms with Gasteiger partial charge in [0.05, 0.1) is 5.69 Å². The Morgan fingerprint density at radius 1 is 1.39 bits per heavy atom. The molecule has 0 atom stereocenters. The Kier molecular flexibility index (Phi) is 4.49. The Bertz CT molecular complexity index is 430. The summed E-state index contributed by atoms with van der Waals surface area (Å²) in [5, 5.41) is 3.10. The third-order valence-corrected chi connectivity index (χ3v) is 4.25. The van der Waals surface area contributed by atoms with Gasteiger partial charge in [0.2, 0.25) is 0 Å². The molecule has 1 aromatic rings. The first-order valence-corrected chi connectivity index (χ1v) is 7.32. The molecule has 0 radical (unpaired) electrons. The molecule has 18 heavy (non-hydrogen) atoms. The lowest BCUT2D eigenvalue weighted by Crippen LogP contribution is -2.37. The fraction of sp³-hybridized carbons (Fsp3) is 0.462. The van der Waals surface area contributed by atoms with E-state index in [0.717, 1.165) is 35.6 Å². The summed E-state index contributed by atoms with van der Waals surface area (Å²) in [6.45, 7) is 1.93. The van der Waals surface area contributed by atoms with Crippen LogP contribution in [0.5, 0.6) is 0 Å². The van der Waals surface area contributed by atoms with E-state index in [4.69, 9.17) is 5.84 Å². The van der Waals surface area contributed by atoms with Gasteiger partial charge in [0.15, 0.2) is 0 Å². The third kappa shape index (κ3) is 3.17. The molecule has 0 aromatic heterocycles. The van der Waals surface area contributed by atoms with Crippen LogP contribution in [0, 0.1) is 6.92 Å². The Balaban J connectivity index is 2.01. The molecule has 2 rings (SSSR count). The van der Waals surface area contributed by atoms with Crippen molar-refractivity contribution in [1.29, 1.82) is 0 Å². The number of aryl methyl sites for hydroxylation is 1. The molecule has 1 fully saturated rings. The zero-order valence-electron chi connectivity index (χ0n) is 10.5. The van der Waals surface area contributed by atoms with E-state index in [1.807, 2.05) is 30.8 Å². The van der Waals surface area contributed by atoms with Crippen molar-refractivity contribution >= 4 is 23.4 Å². The first kappa shape index (κ1) is 13.2. The number of nitrogens with one attached hydrogen (secondary N) is 2. The van der Waals surface area contributed by atoms with Gasteiger partial charge in [-0.1, -0.05) is 0 Å². The lowest BCUT2D eigenvalue weighted by atomic mass is 10.1. The molecule has 1 amide bonds. The minimum absolute atomic E-state index is 0.0126. The number of amides is 1. The molecule has 0 unspecified atom stereocenters. The van der Waals surface area contributed by atoms with Gasteiger partial charge < -0.3 is 10.7 Å². The zero-order chi connectivity index (χ0) is 13.0. The number of benzene rings is 1. The summed E-state index contributed by atoms with van der Waals surface area (Å²) < 4.78 is 0. The van der Waals surface area contributed by atoms with Gasteiger partial charge in [-0.05, 0) is 55.0 Å². The summed E-state index contributed by atoms with van der Waals surface area (Å²) in [5.41, 5.74) is 5.13. The number of rotatable bonds is 3. The summed E-state index contributed by atoms with van der Waals surface area (Å²) in [6.07, 6.45) is 2.13. The van der Waals surface area contributed by atoms with E-state index in [9.17, 15) is 4.79 Å². The summed E-state index contributed by atoms with van der Waals surface area (Å²) >= 11 is 1.96. The molecule has 0 bridgehead atoms. The van der Waals surface area contributed by atoms with Crippen LogP contribution in [-0.4, -0.2) is 23.5 Å². The van der Waals surface area contributed by atoms with Crippen LogP contribution >= 0.6 is 11.8 Å². The Morgan fingerprint density at radius 3 is 2.72 bits per heavy atom. The van der Waals surface area contributed by atoms with Gasteiger partial charge in [-0.3, -0.25) is 10.6 Å². The number of hydrazine groups is 1. The second kappa shape index (κ2) is 6.11. The van der Waals surface area contributed by atoms with Gasteiger partial charge in [0.25, 0.3) is 5.91 Å². The molecule has 1 heterocycles. The highest BCUT2D eigenvalue weighted by Crippen LogP contribution is 2.18. The first-order chi connectivity index (χ1) is 8.70. The molecular weight excluding hydrogens is 246 g/mol. The SMILES string of the molecule is Cc1cc(C(=O)NC2CCSCC2)ccc1NN. The van der Waals surface area contributed by atoms with Crippen molar-refractivity contribution in [3.63, 3.8) is 0 Å². The molecule has 1 aliphatic rings. The molecule has 5 heteroatoms. The molecule has 4 nitrogen and oxygen atoms in total. The molecule has 1 aliphatic heterocycles. The molecule has 4 N–H and O–H groups in total. The van der Waals surface area contributed by atoms with Crippen molar-refractivity contribution in [2.75, 3.05) is 16.9 Å². The number of nitrogen functional groups attached to an aromatic ring is 1. The van der Waals surface area contributed by atoms with E-state index >= 15 is 0 Å². The summed E-state index contributed by atoms with van der Waals surface area (Å²) in [5.74, 6) is 7.66. The van der Waals surface area contributed by atoms with Crippen molar-refractivity contribution in [3.05, 3.63) is 29.3 Å². The average Bonchev–Trinajstić information content (AvgIpc) is 2.39. The van der Waals surface area contributed by atoms with Gasteiger partial charge in [-0.25, -0.2) is 0 Å². The zero-order valence-corrected chi connectivity index (χ0v) is 11.3. The van der Waals surface area contributed by atoms with Crippen molar-refractivity contribution < 1.29 is 4.79 Å². The number of anilines is 1. The predicted octanol–water partition coefficient (Wildman–Crippen LogP) is 1.91. The minimum Gasteiger partial charge on any atom is -0.349 e. The number of hydrogen-bond donors (Lipinski definition) is 3. The van der Waals surface area contributed by atoms with Crippen LogP contribution in [0.15, 0.2) is 18.2 Å². The Morgan fingerprint density at radius 2 is 2.11 bits per heavy atom. The fourth-order valence-corrected chi connectivity index (χ4v) is 3.18. The normalized spacial score (nSPS) is 16.3. The number of thioether (sulfide) groups is 1. The van der Waals surface area contributed by atoms with E-state index in [2.05, 4.69) is 10.7 Å². The topological polar surface area (TPSA) is 67.2 Å². The van der Waals surface area contributed by atoms with Crippen LogP contribution in [0.2, 0.25) is 0 Å². The highest BCUT2D eigenvalue weighted by atomic mass is 32.2. The van der Waals surface area contributed by atoms with Crippen LogP contribution in [-0.2, 0) is 0 Å². The molecule has 98 valence electrons. The van der Waals surface area contributed by atoms with Crippen LogP contribution in [0.1, 0.15) is 28.8 Å². The van der Waals surface area contributed by atoms with Crippen molar-refractivity contribution in [1.82, 2.24) is 5.32 Å². The highest BCUT2D eigenvalue weighted by molar-refractivity contribution is 7.99. The average molecular weight is 265 g/mol. The molecule has 0 saturated carbocycles. The molecule has 1 aromatic carbocycles. The van der Waals surface area contributed by atoms with E-state index in [0.29, 0.717) is 11.6 Å². The second-order valence-electron chi connectivity index (χ2n) is 4.53. The maximum Gasteiger partial charge on any atom is 0.251 e. The van der Waals surface area contributed by atoms with Gasteiger partial charge in [0.1, 0.15) is 0 Å². The van der Waals surface area contributed by atoms with Gasteiger partial charge in [-0.15, -0.1) is 0 Å². The van der Waals surface area contributed by atoms with Crippen molar-refractivity contribution in [2.24, 2.45) is 5.84 Å². The predicted molar refractivity (Wildman–Crippen MR) is 76.8 cm³/mol. The van der Waals surface area contributed by atoms with E-state index in [1.54, 1.807) is 6.07 Å². The molecular formula is C13H19N3OS. The van der Waals surface area contributed by atoms with Gasteiger partial charge >= 0.3 is 0 Å². The van der Waals surface area contributed by atoms with Crippen LogP contribution in [0.3, 0.4) is 0 Å². The number of hydrogen-bond acceptors (Lipinski definition) is 4. The van der Waals surface area contributed by atoms with Crippen LogP contribution < -0.4 is 16.6 Å². The standard InChI is InChI=1S/C13H19N3OS/c1-9-8-10(2-3-12(9)16-14)13(17)15-11-4-6-18-7-5-11/h2-3,8,11,16H,4-7,14H2,1H3,(H,15,17). The Labute approximate surface area is 112 Å². The van der Waals surface area contributed by atoms with E-state index in [1.165, 1.54) is 0 Å². The quantitative estimate of drug-likeness (QED) is 0.577. The van der Waals surface area contributed by atoms with Gasteiger partial charge in [-0.2, -0.15) is 11.8 Å². The van der Waals surface area contributed by atoms with Crippen LogP contribution in [0.4, 0.5) is 5.69 Å². The number of carbonyl (C=O) groups is 1. The third-order valence-electron chi connectivity index (χ3n) is 3.20. The Hall–Kier alpha value is -1.20. The largest absolute Gasteiger partial charge is 0.349 e. The summed E-state index contributed by atoms with van der Waals surface area (Å²) in [7, 11) is 0.